The topological polar surface area (TPSA) is 65.0 Å². The van der Waals surface area contributed by atoms with Gasteiger partial charge in [0.15, 0.2) is 10.7 Å². The van der Waals surface area contributed by atoms with Gasteiger partial charge in [-0.2, -0.15) is 0 Å². The minimum Gasteiger partial charge on any atom is -0.324 e. The summed E-state index contributed by atoms with van der Waals surface area (Å²) in [6, 6.07) is 16.7. The van der Waals surface area contributed by atoms with Crippen LogP contribution in [0.15, 0.2) is 58.4 Å². The smallest absolute Gasteiger partial charge is 0.251 e. The zero-order valence-corrected chi connectivity index (χ0v) is 19.9. The molecule has 0 saturated carbocycles. The van der Waals surface area contributed by atoms with Gasteiger partial charge in [-0.25, -0.2) is 0 Å². The third-order valence-corrected chi connectivity index (χ3v) is 10.4. The van der Waals surface area contributed by atoms with Crippen LogP contribution < -0.4 is 5.32 Å². The molecule has 8 heteroatoms. The Morgan fingerprint density at radius 1 is 1.12 bits per heavy atom. The van der Waals surface area contributed by atoms with E-state index in [4.69, 9.17) is 0 Å². The first-order valence-corrected chi connectivity index (χ1v) is 13.5. The van der Waals surface area contributed by atoms with E-state index in [9.17, 15) is 9.59 Å². The lowest BCUT2D eigenvalue weighted by Gasteiger charge is -2.42. The highest BCUT2D eigenvalue weighted by Crippen LogP contribution is 2.69. The summed E-state index contributed by atoms with van der Waals surface area (Å²) in [5.41, 5.74) is 1.87. The molecule has 2 amide bonds. The molecule has 3 saturated heterocycles. The van der Waals surface area contributed by atoms with E-state index in [0.29, 0.717) is 13.1 Å². The van der Waals surface area contributed by atoms with Crippen LogP contribution in [0, 0.1) is 0 Å². The third-order valence-electron chi connectivity index (χ3n) is 8.08. The molecule has 0 aliphatic carbocycles. The molecular weight excluding hydrogens is 452 g/mol. The zero-order chi connectivity index (χ0) is 22.4. The molecule has 2 aromatic carbocycles. The molecule has 5 heterocycles. The molecule has 0 unspecified atom stereocenters. The maximum Gasteiger partial charge on any atom is 0.251 e. The van der Waals surface area contributed by atoms with Crippen molar-refractivity contribution in [2.75, 3.05) is 31.2 Å². The predicted molar refractivity (Wildman–Crippen MR) is 132 cm³/mol. The van der Waals surface area contributed by atoms with Crippen molar-refractivity contribution in [3.05, 3.63) is 59.7 Å². The van der Waals surface area contributed by atoms with E-state index < -0.39 is 10.3 Å². The molecule has 5 aliphatic heterocycles. The second-order valence-corrected chi connectivity index (χ2v) is 11.4. The van der Waals surface area contributed by atoms with Crippen LogP contribution in [-0.4, -0.2) is 63.5 Å². The Kier molecular flexibility index (Phi) is 4.19. The van der Waals surface area contributed by atoms with Crippen LogP contribution in [0.5, 0.6) is 0 Å². The molecule has 168 valence electrons. The number of thioether (sulfide) groups is 2. The van der Waals surface area contributed by atoms with Crippen molar-refractivity contribution >= 4 is 46.2 Å². The maximum atomic E-state index is 14.5. The number of hydrogen-bond acceptors (Lipinski definition) is 6. The molecule has 1 N–H and O–H groups in total. The predicted octanol–water partition coefficient (Wildman–Crippen LogP) is 3.50. The van der Waals surface area contributed by atoms with Crippen molar-refractivity contribution in [3.8, 4) is 0 Å². The van der Waals surface area contributed by atoms with E-state index in [-0.39, 0.29) is 23.8 Å². The number of carbonyl (C=O) groups excluding carboxylic acids is 2. The van der Waals surface area contributed by atoms with Gasteiger partial charge in [-0.15, -0.1) is 11.8 Å². The summed E-state index contributed by atoms with van der Waals surface area (Å²) in [6.45, 7) is 2.05. The highest BCUT2D eigenvalue weighted by molar-refractivity contribution is 8.16. The Bertz CT molecular complexity index is 1230. The van der Waals surface area contributed by atoms with Crippen molar-refractivity contribution in [2.24, 2.45) is 4.99 Å². The molecule has 0 aromatic heterocycles. The van der Waals surface area contributed by atoms with Crippen LogP contribution >= 0.6 is 23.5 Å². The lowest BCUT2D eigenvalue weighted by Crippen LogP contribution is -2.62. The highest BCUT2D eigenvalue weighted by Gasteiger charge is 2.81. The number of rotatable bonds is 2. The number of para-hydroxylation sites is 1. The van der Waals surface area contributed by atoms with Gasteiger partial charge >= 0.3 is 0 Å². The number of fused-ring (bicyclic) bond motifs is 6. The van der Waals surface area contributed by atoms with Gasteiger partial charge < -0.3 is 5.32 Å². The number of amides is 2. The number of benzene rings is 2. The normalized spacial score (nSPS) is 34.2. The fourth-order valence-electron chi connectivity index (χ4n) is 6.95. The van der Waals surface area contributed by atoms with E-state index in [1.807, 2.05) is 29.2 Å². The molecule has 5 aliphatic rings. The SMILES string of the molecule is CSc1ccc([C@@H]2[C@H]3CCCN3[C@]3(C(=O)Nc4ccccc43)[C@]23SC2=NCCN2C3=O)cc1. The molecule has 33 heavy (non-hydrogen) atoms. The Morgan fingerprint density at radius 2 is 1.94 bits per heavy atom. The van der Waals surface area contributed by atoms with Crippen molar-refractivity contribution in [1.29, 1.82) is 0 Å². The average Bonchev–Trinajstić information content (AvgIpc) is 3.62. The Morgan fingerprint density at radius 3 is 2.73 bits per heavy atom. The Labute approximate surface area is 201 Å². The van der Waals surface area contributed by atoms with Crippen LogP contribution in [0.2, 0.25) is 0 Å². The summed E-state index contributed by atoms with van der Waals surface area (Å²) in [5.74, 6) is -0.121. The first-order valence-electron chi connectivity index (χ1n) is 11.5. The molecule has 2 aromatic rings. The molecule has 4 atom stereocenters. The summed E-state index contributed by atoms with van der Waals surface area (Å²) >= 11 is 3.26. The lowest BCUT2D eigenvalue weighted by atomic mass is 9.70. The van der Waals surface area contributed by atoms with Gasteiger partial charge in [0, 0.05) is 34.7 Å². The summed E-state index contributed by atoms with van der Waals surface area (Å²) in [4.78, 5) is 38.7. The lowest BCUT2D eigenvalue weighted by molar-refractivity contribution is -0.138. The van der Waals surface area contributed by atoms with Crippen molar-refractivity contribution in [3.63, 3.8) is 0 Å². The fourth-order valence-corrected chi connectivity index (χ4v) is 9.17. The maximum absolute atomic E-state index is 14.5. The fraction of sp³-hybridized carbons (Fsp3) is 0.400. The van der Waals surface area contributed by atoms with Gasteiger partial charge in [-0.1, -0.05) is 42.1 Å². The quantitative estimate of drug-likeness (QED) is 0.672. The number of nitrogens with one attached hydrogen (secondary N) is 1. The van der Waals surface area contributed by atoms with Crippen molar-refractivity contribution in [2.45, 2.75) is 40.0 Å². The second-order valence-electron chi connectivity index (χ2n) is 9.32. The van der Waals surface area contributed by atoms with Crippen LogP contribution in [0.4, 0.5) is 5.69 Å². The molecule has 0 bridgehead atoms. The minimum atomic E-state index is -1.04. The van der Waals surface area contributed by atoms with Crippen LogP contribution in [-0.2, 0) is 15.1 Å². The van der Waals surface area contributed by atoms with Gasteiger partial charge in [0.25, 0.3) is 5.91 Å². The number of amidine groups is 1. The molecule has 2 spiro atoms. The van der Waals surface area contributed by atoms with E-state index in [1.54, 1.807) is 23.5 Å². The zero-order valence-electron chi connectivity index (χ0n) is 18.3. The molecule has 6 nitrogen and oxygen atoms in total. The summed E-state index contributed by atoms with van der Waals surface area (Å²) in [6.07, 6.45) is 4.08. The average molecular weight is 477 g/mol. The number of aliphatic imine (C=N–C) groups is 1. The standard InChI is InChI=1S/C25H24N4O2S2/c1-32-16-10-8-15(9-11-16)20-19-7-4-13-29(19)24(17-5-2-3-6-18(17)27-21(24)30)25(20)22(31)28-14-12-26-23(28)33-25/h2-3,5-6,8-11,19-20H,4,7,12-14H2,1H3,(H,27,30)/t19-,20-,24-,25+/m1/s1. The molecular formula is C25H24N4O2S2. The largest absolute Gasteiger partial charge is 0.324 e. The van der Waals surface area contributed by atoms with Crippen LogP contribution in [0.1, 0.15) is 29.9 Å². The van der Waals surface area contributed by atoms with Crippen LogP contribution in [0.3, 0.4) is 0 Å². The molecule has 7 rings (SSSR count). The van der Waals surface area contributed by atoms with Gasteiger partial charge in [-0.3, -0.25) is 24.4 Å². The van der Waals surface area contributed by atoms with Crippen LogP contribution in [0.25, 0.3) is 0 Å². The number of anilines is 1. The van der Waals surface area contributed by atoms with Gasteiger partial charge in [0.2, 0.25) is 5.91 Å². The second kappa shape index (κ2) is 6.87. The first kappa shape index (κ1) is 20.1. The van der Waals surface area contributed by atoms with E-state index >= 15 is 0 Å². The van der Waals surface area contributed by atoms with Crippen molar-refractivity contribution < 1.29 is 9.59 Å². The third kappa shape index (κ3) is 2.25. The Balaban J connectivity index is 1.54. The molecule has 0 radical (unpaired) electrons. The number of hydrogen-bond donors (Lipinski definition) is 1. The van der Waals surface area contributed by atoms with E-state index in [0.717, 1.165) is 41.4 Å². The monoisotopic (exact) mass is 476 g/mol. The van der Waals surface area contributed by atoms with Gasteiger partial charge in [-0.05, 0) is 49.4 Å². The number of carbonyl (C=O) groups is 2. The van der Waals surface area contributed by atoms with E-state index in [2.05, 4.69) is 45.7 Å². The van der Waals surface area contributed by atoms with Crippen molar-refractivity contribution in [1.82, 2.24) is 9.80 Å². The van der Waals surface area contributed by atoms with E-state index in [1.165, 1.54) is 4.90 Å². The summed E-state index contributed by atoms with van der Waals surface area (Å²) < 4.78 is -0.977. The highest BCUT2D eigenvalue weighted by atomic mass is 32.2. The van der Waals surface area contributed by atoms with Gasteiger partial charge in [0.1, 0.15) is 4.75 Å². The first-order chi connectivity index (χ1) is 16.1. The number of nitrogens with zero attached hydrogens (tertiary/aromatic N) is 3. The summed E-state index contributed by atoms with van der Waals surface area (Å²) in [7, 11) is 0. The summed E-state index contributed by atoms with van der Waals surface area (Å²) in [5, 5.41) is 3.94. The minimum absolute atomic E-state index is 0.0453. The Hall–Kier alpha value is -2.29. The van der Waals surface area contributed by atoms with Gasteiger partial charge in [0.05, 0.1) is 6.54 Å². The molecule has 3 fully saturated rings.